The molecule has 33 heavy (non-hydrogen) atoms. The predicted octanol–water partition coefficient (Wildman–Crippen LogP) is 6.59. The Labute approximate surface area is 195 Å². The minimum Gasteiger partial charge on any atom is -0.503 e. The zero-order chi connectivity index (χ0) is 23.1. The fourth-order valence-electron chi connectivity index (χ4n) is 4.49. The standard InChI is InChI=1S/C13H10F2OS.C13H14N2O/c1-17-10-4-2-8(3-5-10)9-6-11(14)13(16)12(15)7-9;1-8-9-6-15(7-10(8)9)13-14-11-4-2-3-5-12(11)16-13/h2-7,16H,1H3;2-5,8-10H,6-7H2,1H3. The molecule has 0 amide bonds. The van der Waals surface area contributed by atoms with E-state index in [0.717, 1.165) is 65.0 Å². The molecule has 1 aliphatic carbocycles. The molecule has 1 aliphatic heterocycles. The maximum absolute atomic E-state index is 13.2. The van der Waals surface area contributed by atoms with Gasteiger partial charge in [-0.05, 0) is 71.5 Å². The second-order valence-corrected chi connectivity index (χ2v) is 9.45. The third kappa shape index (κ3) is 4.29. The van der Waals surface area contributed by atoms with Crippen LogP contribution in [0.25, 0.3) is 22.2 Å². The fourth-order valence-corrected chi connectivity index (χ4v) is 4.90. The van der Waals surface area contributed by atoms with Crippen LogP contribution in [0.15, 0.2) is 70.0 Å². The van der Waals surface area contributed by atoms with Crippen LogP contribution in [0.5, 0.6) is 5.75 Å². The number of phenols is 1. The van der Waals surface area contributed by atoms with Crippen LogP contribution >= 0.6 is 11.8 Å². The van der Waals surface area contributed by atoms with Crippen molar-refractivity contribution in [3.63, 3.8) is 0 Å². The van der Waals surface area contributed by atoms with Crippen molar-refractivity contribution in [3.05, 3.63) is 72.3 Å². The number of fused-ring (bicyclic) bond motifs is 2. The van der Waals surface area contributed by atoms with Crippen LogP contribution in [0.3, 0.4) is 0 Å². The molecule has 170 valence electrons. The van der Waals surface area contributed by atoms with E-state index in [0.29, 0.717) is 11.1 Å². The van der Waals surface area contributed by atoms with E-state index in [4.69, 9.17) is 9.52 Å². The number of anilines is 1. The number of hydrogen-bond acceptors (Lipinski definition) is 5. The van der Waals surface area contributed by atoms with Crippen LogP contribution in [0.1, 0.15) is 6.92 Å². The summed E-state index contributed by atoms with van der Waals surface area (Å²) in [5.74, 6) is -0.150. The average molecular weight is 467 g/mol. The Morgan fingerprint density at radius 1 is 0.970 bits per heavy atom. The maximum atomic E-state index is 13.2. The molecule has 0 bridgehead atoms. The first-order valence-corrected chi connectivity index (χ1v) is 12.1. The molecule has 2 heterocycles. The normalized spacial score (nSPS) is 21.0. The van der Waals surface area contributed by atoms with Crippen molar-refractivity contribution in [2.75, 3.05) is 24.2 Å². The first-order valence-electron chi connectivity index (χ1n) is 10.9. The van der Waals surface area contributed by atoms with E-state index in [2.05, 4.69) is 16.8 Å². The average Bonchev–Trinajstić information content (AvgIpc) is 3.21. The largest absolute Gasteiger partial charge is 0.503 e. The van der Waals surface area contributed by atoms with Crippen molar-refractivity contribution in [1.82, 2.24) is 4.98 Å². The number of oxazole rings is 1. The number of thioether (sulfide) groups is 1. The molecule has 0 radical (unpaired) electrons. The molecule has 0 spiro atoms. The number of para-hydroxylation sites is 2. The van der Waals surface area contributed by atoms with E-state index in [-0.39, 0.29) is 0 Å². The van der Waals surface area contributed by atoms with Crippen molar-refractivity contribution in [3.8, 4) is 16.9 Å². The summed E-state index contributed by atoms with van der Waals surface area (Å²) in [6.45, 7) is 4.59. The first-order chi connectivity index (χ1) is 15.9. The summed E-state index contributed by atoms with van der Waals surface area (Å²) in [7, 11) is 0. The highest BCUT2D eigenvalue weighted by Gasteiger charge is 2.53. The van der Waals surface area contributed by atoms with Gasteiger partial charge >= 0.3 is 0 Å². The van der Waals surface area contributed by atoms with Crippen molar-refractivity contribution in [2.45, 2.75) is 11.8 Å². The summed E-state index contributed by atoms with van der Waals surface area (Å²) in [5, 5.41) is 9.01. The molecule has 7 heteroatoms. The summed E-state index contributed by atoms with van der Waals surface area (Å²) in [4.78, 5) is 7.90. The number of benzene rings is 3. The molecule has 2 fully saturated rings. The molecular weight excluding hydrogens is 442 g/mol. The number of nitrogens with zero attached hydrogens (tertiary/aromatic N) is 2. The lowest BCUT2D eigenvalue weighted by Gasteiger charge is -2.15. The van der Waals surface area contributed by atoms with Gasteiger partial charge in [-0.2, -0.15) is 4.98 Å². The second-order valence-electron chi connectivity index (χ2n) is 8.57. The summed E-state index contributed by atoms with van der Waals surface area (Å²) in [6, 6.07) is 18.3. The Hall–Kier alpha value is -3.06. The van der Waals surface area contributed by atoms with Gasteiger partial charge in [0, 0.05) is 18.0 Å². The highest BCUT2D eigenvalue weighted by Crippen LogP contribution is 2.52. The van der Waals surface area contributed by atoms with E-state index < -0.39 is 17.4 Å². The summed E-state index contributed by atoms with van der Waals surface area (Å²) in [6.07, 6.45) is 1.95. The van der Waals surface area contributed by atoms with E-state index in [1.807, 2.05) is 42.7 Å². The number of rotatable bonds is 3. The molecule has 4 aromatic rings. The smallest absolute Gasteiger partial charge is 0.298 e. The van der Waals surface area contributed by atoms with Crippen LogP contribution in [0, 0.1) is 29.4 Å². The van der Waals surface area contributed by atoms with Crippen molar-refractivity contribution < 1.29 is 18.3 Å². The van der Waals surface area contributed by atoms with Crippen molar-refractivity contribution in [1.29, 1.82) is 0 Å². The van der Waals surface area contributed by atoms with E-state index >= 15 is 0 Å². The van der Waals surface area contributed by atoms with E-state index in [1.165, 1.54) is 0 Å². The van der Waals surface area contributed by atoms with Gasteiger partial charge in [-0.15, -0.1) is 11.8 Å². The van der Waals surface area contributed by atoms with Crippen molar-refractivity contribution in [2.24, 2.45) is 17.8 Å². The Kier molecular flexibility index (Phi) is 5.74. The Bertz CT molecular complexity index is 1220. The highest BCUT2D eigenvalue weighted by molar-refractivity contribution is 7.98. The van der Waals surface area contributed by atoms with Crippen LogP contribution in [0.2, 0.25) is 0 Å². The third-order valence-electron chi connectivity index (χ3n) is 6.62. The molecular formula is C26H24F2N2O2S. The van der Waals surface area contributed by atoms with Gasteiger partial charge in [0.15, 0.2) is 23.0 Å². The molecule has 1 saturated heterocycles. The molecule has 2 atom stereocenters. The van der Waals surface area contributed by atoms with Gasteiger partial charge < -0.3 is 14.4 Å². The quantitative estimate of drug-likeness (QED) is 0.345. The SMILES string of the molecule is CC1C2CN(c3nc4ccccc4o3)CC12.CSc1ccc(-c2cc(F)c(O)c(F)c2)cc1. The summed E-state index contributed by atoms with van der Waals surface area (Å²) in [5.41, 5.74) is 2.98. The highest BCUT2D eigenvalue weighted by atomic mass is 32.2. The number of aromatic nitrogens is 1. The summed E-state index contributed by atoms with van der Waals surface area (Å²) < 4.78 is 32.1. The van der Waals surface area contributed by atoms with E-state index in [9.17, 15) is 8.78 Å². The van der Waals surface area contributed by atoms with Crippen LogP contribution < -0.4 is 4.90 Å². The molecule has 1 N–H and O–H groups in total. The van der Waals surface area contributed by atoms with Gasteiger partial charge in [0.2, 0.25) is 0 Å². The zero-order valence-electron chi connectivity index (χ0n) is 18.3. The minimum absolute atomic E-state index is 0.408. The van der Waals surface area contributed by atoms with Crippen LogP contribution in [0.4, 0.5) is 14.8 Å². The second kappa shape index (κ2) is 8.71. The van der Waals surface area contributed by atoms with E-state index in [1.54, 1.807) is 23.9 Å². The topological polar surface area (TPSA) is 49.5 Å². The molecule has 1 aromatic heterocycles. The number of phenolic OH excluding ortho intramolecular Hbond substituents is 1. The lowest BCUT2D eigenvalue weighted by Crippen LogP contribution is -2.23. The van der Waals surface area contributed by atoms with Crippen LogP contribution in [-0.2, 0) is 0 Å². The van der Waals surface area contributed by atoms with Gasteiger partial charge in [-0.1, -0.05) is 31.2 Å². The zero-order valence-corrected chi connectivity index (χ0v) is 19.2. The summed E-state index contributed by atoms with van der Waals surface area (Å²) >= 11 is 1.59. The fraction of sp³-hybridized carbons (Fsp3) is 0.269. The molecule has 6 rings (SSSR count). The molecule has 3 aromatic carbocycles. The Morgan fingerprint density at radius 2 is 1.61 bits per heavy atom. The molecule has 1 saturated carbocycles. The first kappa shape index (κ1) is 21.8. The maximum Gasteiger partial charge on any atom is 0.298 e. The third-order valence-corrected chi connectivity index (χ3v) is 7.36. The number of hydrogen-bond donors (Lipinski definition) is 1. The molecule has 2 aliphatic rings. The number of piperidine rings is 1. The van der Waals surface area contributed by atoms with Gasteiger partial charge in [0.25, 0.3) is 6.01 Å². The number of halogens is 2. The van der Waals surface area contributed by atoms with Crippen LogP contribution in [-0.4, -0.2) is 29.4 Å². The monoisotopic (exact) mass is 466 g/mol. The van der Waals surface area contributed by atoms with Crippen molar-refractivity contribution >= 4 is 28.9 Å². The van der Waals surface area contributed by atoms with Gasteiger partial charge in [-0.25, -0.2) is 8.78 Å². The Balaban J connectivity index is 0.000000138. The molecule has 2 unspecified atom stereocenters. The lowest BCUT2D eigenvalue weighted by molar-refractivity contribution is 0.396. The minimum atomic E-state index is -0.950. The van der Waals surface area contributed by atoms with Gasteiger partial charge in [0.1, 0.15) is 5.52 Å². The van der Waals surface area contributed by atoms with Gasteiger partial charge in [0.05, 0.1) is 0 Å². The molecule has 4 nitrogen and oxygen atoms in total. The lowest BCUT2D eigenvalue weighted by atomic mass is 10.1. The number of aromatic hydroxyl groups is 1. The predicted molar refractivity (Wildman–Crippen MR) is 128 cm³/mol. The Morgan fingerprint density at radius 3 is 2.21 bits per heavy atom. The van der Waals surface area contributed by atoms with Gasteiger partial charge in [-0.3, -0.25) is 0 Å².